The minimum Gasteiger partial charge on any atom is -0.382 e. The van der Waals surface area contributed by atoms with E-state index in [9.17, 15) is 8.78 Å². The standard InChI is InChI=1S/C14H21F2NO2/c1-17-12(5-6-19-8-7-18-2)9-11-3-4-13(15)14(16)10-11/h3-4,10,12,17H,5-9H2,1-2H3. The number of ether oxygens (including phenoxy) is 2. The Morgan fingerprint density at radius 1 is 1.16 bits per heavy atom. The van der Waals surface area contributed by atoms with E-state index in [0.29, 0.717) is 26.2 Å². The van der Waals surface area contributed by atoms with Crippen LogP contribution >= 0.6 is 0 Å². The summed E-state index contributed by atoms with van der Waals surface area (Å²) in [7, 11) is 3.47. The summed E-state index contributed by atoms with van der Waals surface area (Å²) in [4.78, 5) is 0. The summed E-state index contributed by atoms with van der Waals surface area (Å²) in [6.07, 6.45) is 1.44. The number of halogens is 2. The molecule has 0 spiro atoms. The summed E-state index contributed by atoms with van der Waals surface area (Å²) in [6.45, 7) is 1.75. The zero-order valence-electron chi connectivity index (χ0n) is 11.4. The lowest BCUT2D eigenvalue weighted by Crippen LogP contribution is -2.29. The average molecular weight is 273 g/mol. The molecule has 0 aliphatic rings. The predicted molar refractivity (Wildman–Crippen MR) is 70.2 cm³/mol. The zero-order chi connectivity index (χ0) is 14.1. The van der Waals surface area contributed by atoms with E-state index in [-0.39, 0.29) is 6.04 Å². The Kier molecular flexibility index (Phi) is 7.55. The van der Waals surface area contributed by atoms with Crippen LogP contribution in [0.15, 0.2) is 18.2 Å². The first kappa shape index (κ1) is 16.0. The summed E-state index contributed by atoms with van der Waals surface area (Å²) in [6, 6.07) is 4.18. The third-order valence-corrected chi connectivity index (χ3v) is 2.92. The van der Waals surface area contributed by atoms with Crippen LogP contribution < -0.4 is 5.32 Å². The predicted octanol–water partition coefficient (Wildman–Crippen LogP) is 2.15. The van der Waals surface area contributed by atoms with E-state index in [2.05, 4.69) is 5.32 Å². The Labute approximate surface area is 112 Å². The normalized spacial score (nSPS) is 12.6. The molecule has 0 aromatic heterocycles. The SMILES string of the molecule is CNC(CCOCCOC)Cc1ccc(F)c(F)c1. The van der Waals surface area contributed by atoms with Crippen LogP contribution in [0.3, 0.4) is 0 Å². The number of likely N-dealkylation sites (N-methyl/N-ethyl adjacent to an activating group) is 1. The Morgan fingerprint density at radius 2 is 1.95 bits per heavy atom. The van der Waals surface area contributed by atoms with Crippen LogP contribution in [0.5, 0.6) is 0 Å². The van der Waals surface area contributed by atoms with Gasteiger partial charge in [0, 0.05) is 19.8 Å². The van der Waals surface area contributed by atoms with Gasteiger partial charge in [0.2, 0.25) is 0 Å². The molecule has 0 amide bonds. The molecule has 0 bridgehead atoms. The fraction of sp³-hybridized carbons (Fsp3) is 0.571. The highest BCUT2D eigenvalue weighted by atomic mass is 19.2. The van der Waals surface area contributed by atoms with Crippen LogP contribution in [0.2, 0.25) is 0 Å². The van der Waals surface area contributed by atoms with Crippen molar-refractivity contribution in [3.63, 3.8) is 0 Å². The van der Waals surface area contributed by atoms with E-state index in [0.717, 1.165) is 18.1 Å². The van der Waals surface area contributed by atoms with Crippen molar-refractivity contribution in [1.82, 2.24) is 5.32 Å². The van der Waals surface area contributed by atoms with Gasteiger partial charge in [-0.15, -0.1) is 0 Å². The Hall–Kier alpha value is -1.04. The van der Waals surface area contributed by atoms with E-state index in [1.54, 1.807) is 13.2 Å². The molecule has 3 nitrogen and oxygen atoms in total. The smallest absolute Gasteiger partial charge is 0.159 e. The molecule has 108 valence electrons. The molecule has 0 radical (unpaired) electrons. The molecule has 5 heteroatoms. The number of methoxy groups -OCH3 is 1. The van der Waals surface area contributed by atoms with Crippen LogP contribution in [-0.2, 0) is 15.9 Å². The zero-order valence-corrected chi connectivity index (χ0v) is 11.4. The van der Waals surface area contributed by atoms with Gasteiger partial charge < -0.3 is 14.8 Å². The van der Waals surface area contributed by atoms with Crippen LogP contribution in [0.1, 0.15) is 12.0 Å². The van der Waals surface area contributed by atoms with Gasteiger partial charge in [-0.05, 0) is 37.6 Å². The van der Waals surface area contributed by atoms with E-state index in [1.807, 2.05) is 7.05 Å². The van der Waals surface area contributed by atoms with E-state index in [1.165, 1.54) is 6.07 Å². The Balaban J connectivity index is 2.36. The maximum atomic E-state index is 13.1. The number of rotatable bonds is 9. The fourth-order valence-corrected chi connectivity index (χ4v) is 1.77. The second-order valence-electron chi connectivity index (χ2n) is 4.33. The van der Waals surface area contributed by atoms with Gasteiger partial charge in [0.15, 0.2) is 11.6 Å². The number of nitrogens with one attached hydrogen (secondary N) is 1. The van der Waals surface area contributed by atoms with Gasteiger partial charge in [-0.25, -0.2) is 8.78 Å². The fourth-order valence-electron chi connectivity index (χ4n) is 1.77. The van der Waals surface area contributed by atoms with E-state index >= 15 is 0 Å². The molecule has 0 fully saturated rings. The van der Waals surface area contributed by atoms with Crippen LogP contribution in [0.25, 0.3) is 0 Å². The van der Waals surface area contributed by atoms with Crippen molar-refractivity contribution >= 4 is 0 Å². The molecule has 0 aliphatic heterocycles. The Morgan fingerprint density at radius 3 is 2.58 bits per heavy atom. The van der Waals surface area contributed by atoms with Gasteiger partial charge in [-0.1, -0.05) is 6.07 Å². The largest absolute Gasteiger partial charge is 0.382 e. The topological polar surface area (TPSA) is 30.5 Å². The third-order valence-electron chi connectivity index (χ3n) is 2.92. The number of hydrogen-bond donors (Lipinski definition) is 1. The van der Waals surface area contributed by atoms with Crippen molar-refractivity contribution < 1.29 is 18.3 Å². The highest BCUT2D eigenvalue weighted by Crippen LogP contribution is 2.11. The van der Waals surface area contributed by atoms with Gasteiger partial charge in [0.05, 0.1) is 13.2 Å². The lowest BCUT2D eigenvalue weighted by molar-refractivity contribution is 0.0661. The third kappa shape index (κ3) is 6.09. The monoisotopic (exact) mass is 273 g/mol. The summed E-state index contributed by atoms with van der Waals surface area (Å²) in [5, 5.41) is 3.15. The second-order valence-corrected chi connectivity index (χ2v) is 4.33. The molecule has 0 saturated heterocycles. The van der Waals surface area contributed by atoms with Gasteiger partial charge in [-0.3, -0.25) is 0 Å². The van der Waals surface area contributed by atoms with Gasteiger partial charge in [0.25, 0.3) is 0 Å². The van der Waals surface area contributed by atoms with Crippen LogP contribution in [-0.4, -0.2) is 40.0 Å². The molecular weight excluding hydrogens is 252 g/mol. The molecule has 0 saturated carbocycles. The second kappa shape index (κ2) is 8.96. The van der Waals surface area contributed by atoms with Crippen LogP contribution in [0, 0.1) is 11.6 Å². The maximum absolute atomic E-state index is 13.1. The lowest BCUT2D eigenvalue weighted by atomic mass is 10.0. The van der Waals surface area contributed by atoms with Crippen molar-refractivity contribution in [2.24, 2.45) is 0 Å². The molecule has 1 aromatic rings. The minimum atomic E-state index is -0.812. The molecule has 1 N–H and O–H groups in total. The summed E-state index contributed by atoms with van der Waals surface area (Å²) in [5.74, 6) is -1.61. The van der Waals surface area contributed by atoms with E-state index < -0.39 is 11.6 Å². The summed E-state index contributed by atoms with van der Waals surface area (Å²) < 4.78 is 36.2. The van der Waals surface area contributed by atoms with Crippen molar-refractivity contribution in [1.29, 1.82) is 0 Å². The minimum absolute atomic E-state index is 0.174. The highest BCUT2D eigenvalue weighted by Gasteiger charge is 2.09. The van der Waals surface area contributed by atoms with Crippen molar-refractivity contribution in [2.45, 2.75) is 18.9 Å². The van der Waals surface area contributed by atoms with E-state index in [4.69, 9.17) is 9.47 Å². The van der Waals surface area contributed by atoms with Crippen molar-refractivity contribution in [3.05, 3.63) is 35.4 Å². The quantitative estimate of drug-likeness (QED) is 0.699. The lowest BCUT2D eigenvalue weighted by Gasteiger charge is -2.16. The van der Waals surface area contributed by atoms with Gasteiger partial charge >= 0.3 is 0 Å². The first-order valence-corrected chi connectivity index (χ1v) is 6.35. The average Bonchev–Trinajstić information content (AvgIpc) is 2.41. The van der Waals surface area contributed by atoms with Crippen molar-refractivity contribution in [3.8, 4) is 0 Å². The molecule has 1 rings (SSSR count). The van der Waals surface area contributed by atoms with Gasteiger partial charge in [-0.2, -0.15) is 0 Å². The first-order chi connectivity index (χ1) is 9.17. The van der Waals surface area contributed by atoms with Crippen molar-refractivity contribution in [2.75, 3.05) is 34.0 Å². The highest BCUT2D eigenvalue weighted by molar-refractivity contribution is 5.18. The molecule has 19 heavy (non-hydrogen) atoms. The summed E-state index contributed by atoms with van der Waals surface area (Å²) >= 11 is 0. The molecule has 1 atom stereocenters. The molecule has 0 aliphatic carbocycles. The first-order valence-electron chi connectivity index (χ1n) is 6.35. The molecule has 1 unspecified atom stereocenters. The number of hydrogen-bond acceptors (Lipinski definition) is 3. The van der Waals surface area contributed by atoms with Gasteiger partial charge in [0.1, 0.15) is 0 Å². The molecule has 1 aromatic carbocycles. The molecule has 0 heterocycles. The Bertz CT molecular complexity index is 374. The van der Waals surface area contributed by atoms with Crippen LogP contribution in [0.4, 0.5) is 8.78 Å². The molecular formula is C14H21F2NO2. The summed E-state index contributed by atoms with van der Waals surface area (Å²) in [5.41, 5.74) is 0.773. The number of benzene rings is 1. The maximum Gasteiger partial charge on any atom is 0.159 e.